The van der Waals surface area contributed by atoms with Gasteiger partial charge in [-0.25, -0.2) is 22.4 Å². The number of hydrogen-bond donors (Lipinski definition) is 1. The SMILES string of the molecule is Cc1ccc(CN2CCN(C(=O)CO)CC2)cc1-c1ccc2c(n1)N(C)S(=O)(=O)N2CC1CC1(F)F. The summed E-state index contributed by atoms with van der Waals surface area (Å²) in [5, 5.41) is 9.05. The van der Waals surface area contributed by atoms with E-state index in [1.54, 1.807) is 17.0 Å². The summed E-state index contributed by atoms with van der Waals surface area (Å²) in [6.07, 6.45) is -0.303. The van der Waals surface area contributed by atoms with Crippen molar-refractivity contribution in [3.05, 3.63) is 41.5 Å². The van der Waals surface area contributed by atoms with Crippen molar-refractivity contribution in [2.45, 2.75) is 25.8 Å². The van der Waals surface area contributed by atoms with Crippen LogP contribution in [0.5, 0.6) is 0 Å². The summed E-state index contributed by atoms with van der Waals surface area (Å²) in [6, 6.07) is 9.43. The summed E-state index contributed by atoms with van der Waals surface area (Å²) in [6.45, 7) is 4.42. The molecule has 36 heavy (non-hydrogen) atoms. The predicted octanol–water partition coefficient (Wildman–Crippen LogP) is 1.85. The number of nitrogens with zero attached hydrogens (tertiary/aromatic N) is 5. The Morgan fingerprint density at radius 3 is 2.50 bits per heavy atom. The van der Waals surface area contributed by atoms with E-state index >= 15 is 0 Å². The molecule has 9 nitrogen and oxygen atoms in total. The van der Waals surface area contributed by atoms with Crippen molar-refractivity contribution in [2.75, 3.05) is 55.0 Å². The number of rotatable bonds is 6. The maximum Gasteiger partial charge on any atom is 0.327 e. The molecule has 1 atom stereocenters. The summed E-state index contributed by atoms with van der Waals surface area (Å²) in [5.41, 5.74) is 3.81. The molecule has 1 saturated heterocycles. The quantitative estimate of drug-likeness (QED) is 0.623. The topological polar surface area (TPSA) is 97.3 Å². The van der Waals surface area contributed by atoms with Crippen LogP contribution < -0.4 is 8.61 Å². The van der Waals surface area contributed by atoms with Crippen LogP contribution in [-0.2, 0) is 21.5 Å². The lowest BCUT2D eigenvalue weighted by atomic mass is 10.0. The highest BCUT2D eigenvalue weighted by Gasteiger charge is 2.59. The van der Waals surface area contributed by atoms with Crippen LogP contribution in [0, 0.1) is 12.8 Å². The number of carbonyl (C=O) groups excluding carboxylic acids is 1. The fourth-order valence-electron chi connectivity index (χ4n) is 4.82. The van der Waals surface area contributed by atoms with Gasteiger partial charge in [-0.2, -0.15) is 8.42 Å². The third-order valence-corrected chi connectivity index (χ3v) is 9.00. The van der Waals surface area contributed by atoms with Crippen LogP contribution >= 0.6 is 0 Å². The van der Waals surface area contributed by atoms with Crippen LogP contribution in [0.1, 0.15) is 17.5 Å². The minimum Gasteiger partial charge on any atom is -0.387 e. The van der Waals surface area contributed by atoms with Crippen molar-refractivity contribution in [1.82, 2.24) is 14.8 Å². The normalized spacial score (nSPS) is 22.6. The lowest BCUT2D eigenvalue weighted by Crippen LogP contribution is -2.49. The standard InChI is InChI=1S/C24H29F2N5O4S/c1-16-3-4-17(13-29-7-9-30(10-8-29)22(33)15-32)11-19(16)20-5-6-21-23(27-20)28(2)36(34,35)31(21)14-18-12-24(18,25)26/h3-6,11,18,32H,7-10,12-15H2,1-2H3. The van der Waals surface area contributed by atoms with Crippen LogP contribution in [0.3, 0.4) is 0 Å². The van der Waals surface area contributed by atoms with Gasteiger partial charge in [0.05, 0.1) is 11.4 Å². The second kappa shape index (κ2) is 8.93. The van der Waals surface area contributed by atoms with E-state index in [0.29, 0.717) is 44.1 Å². The van der Waals surface area contributed by atoms with Crippen molar-refractivity contribution in [2.24, 2.45) is 5.92 Å². The molecule has 2 fully saturated rings. The molecule has 1 saturated carbocycles. The first-order chi connectivity index (χ1) is 17.0. The molecule has 3 aliphatic rings. The van der Waals surface area contributed by atoms with Crippen molar-refractivity contribution in [1.29, 1.82) is 0 Å². The van der Waals surface area contributed by atoms with Crippen LogP contribution in [-0.4, -0.2) is 86.5 Å². The minimum absolute atomic E-state index is 0.228. The number of alkyl halides is 2. The Morgan fingerprint density at radius 1 is 1.17 bits per heavy atom. The third-order valence-electron chi connectivity index (χ3n) is 7.23. The molecule has 194 valence electrons. The van der Waals surface area contributed by atoms with Gasteiger partial charge in [0.25, 0.3) is 5.92 Å². The largest absolute Gasteiger partial charge is 0.387 e. The Hall–Kier alpha value is -2.83. The molecular formula is C24H29F2N5O4S. The molecule has 0 bridgehead atoms. The third kappa shape index (κ3) is 4.41. The molecule has 1 aromatic heterocycles. The Kier molecular flexibility index (Phi) is 6.16. The van der Waals surface area contributed by atoms with E-state index < -0.39 is 28.7 Å². The molecule has 1 unspecified atom stereocenters. The zero-order chi connectivity index (χ0) is 25.8. The summed E-state index contributed by atoms with van der Waals surface area (Å²) < 4.78 is 54.9. The number of aryl methyl sites for hydroxylation is 1. The molecule has 1 amide bonds. The van der Waals surface area contributed by atoms with Crippen LogP contribution in [0.4, 0.5) is 20.3 Å². The zero-order valence-electron chi connectivity index (χ0n) is 20.2. The number of carbonyl (C=O) groups is 1. The van der Waals surface area contributed by atoms with E-state index in [-0.39, 0.29) is 24.7 Å². The lowest BCUT2D eigenvalue weighted by Gasteiger charge is -2.34. The summed E-state index contributed by atoms with van der Waals surface area (Å²) in [7, 11) is -2.57. The van der Waals surface area contributed by atoms with Gasteiger partial charge in [-0.3, -0.25) is 9.69 Å². The molecule has 1 aliphatic carbocycles. The number of fused-ring (bicyclic) bond motifs is 1. The van der Waals surface area contributed by atoms with Crippen molar-refractivity contribution in [3.8, 4) is 11.3 Å². The van der Waals surface area contributed by atoms with Crippen molar-refractivity contribution >= 4 is 27.6 Å². The van der Waals surface area contributed by atoms with Crippen LogP contribution in [0.2, 0.25) is 0 Å². The average Bonchev–Trinajstić information content (AvgIpc) is 3.42. The number of amides is 1. The van der Waals surface area contributed by atoms with Crippen LogP contribution in [0.15, 0.2) is 30.3 Å². The van der Waals surface area contributed by atoms with Gasteiger partial charge in [0.1, 0.15) is 6.61 Å². The van der Waals surface area contributed by atoms with E-state index in [1.165, 1.54) is 7.05 Å². The van der Waals surface area contributed by atoms with Gasteiger partial charge >= 0.3 is 10.2 Å². The van der Waals surface area contributed by atoms with E-state index in [0.717, 1.165) is 25.3 Å². The molecule has 3 heterocycles. The summed E-state index contributed by atoms with van der Waals surface area (Å²) in [5.74, 6) is -3.82. The first-order valence-corrected chi connectivity index (χ1v) is 13.3. The van der Waals surface area contributed by atoms with Crippen molar-refractivity contribution < 1.29 is 27.1 Å². The molecule has 1 N–H and O–H groups in total. The smallest absolute Gasteiger partial charge is 0.327 e. The number of anilines is 2. The van der Waals surface area contributed by atoms with Gasteiger partial charge in [0, 0.05) is 64.2 Å². The summed E-state index contributed by atoms with van der Waals surface area (Å²) in [4.78, 5) is 20.2. The molecule has 2 aliphatic heterocycles. The molecule has 2 aromatic rings. The Morgan fingerprint density at radius 2 is 1.86 bits per heavy atom. The monoisotopic (exact) mass is 521 g/mol. The Balaban J connectivity index is 1.36. The maximum atomic E-state index is 13.5. The van der Waals surface area contributed by atoms with E-state index in [4.69, 9.17) is 5.11 Å². The lowest BCUT2D eigenvalue weighted by molar-refractivity contribution is -0.136. The average molecular weight is 522 g/mol. The first kappa shape index (κ1) is 24.8. The molecule has 5 rings (SSSR count). The second-order valence-electron chi connectivity index (χ2n) is 9.67. The van der Waals surface area contributed by atoms with Gasteiger partial charge in [-0.15, -0.1) is 0 Å². The molecular weight excluding hydrogens is 492 g/mol. The first-order valence-electron chi connectivity index (χ1n) is 11.9. The summed E-state index contributed by atoms with van der Waals surface area (Å²) >= 11 is 0. The highest BCUT2D eigenvalue weighted by molar-refractivity contribution is 7.94. The number of aromatic nitrogens is 1. The fraction of sp³-hybridized carbons (Fsp3) is 0.500. The second-order valence-corrected chi connectivity index (χ2v) is 11.6. The van der Waals surface area contributed by atoms with Gasteiger partial charge in [-0.05, 0) is 36.2 Å². The number of piperazine rings is 1. The molecule has 0 spiro atoms. The molecule has 12 heteroatoms. The highest BCUT2D eigenvalue weighted by Crippen LogP contribution is 2.51. The van der Waals surface area contributed by atoms with E-state index in [9.17, 15) is 22.0 Å². The number of halogens is 2. The Labute approximate surface area is 209 Å². The van der Waals surface area contributed by atoms with Crippen molar-refractivity contribution in [3.63, 3.8) is 0 Å². The van der Waals surface area contributed by atoms with Gasteiger partial charge in [-0.1, -0.05) is 12.1 Å². The maximum absolute atomic E-state index is 13.5. The van der Waals surface area contributed by atoms with Gasteiger partial charge < -0.3 is 10.0 Å². The van der Waals surface area contributed by atoms with E-state index in [2.05, 4.69) is 9.88 Å². The number of pyridine rings is 1. The highest BCUT2D eigenvalue weighted by atomic mass is 32.2. The number of hydrogen-bond acceptors (Lipinski definition) is 6. The fourth-order valence-corrected chi connectivity index (χ4v) is 6.22. The number of aliphatic hydroxyl groups is 1. The zero-order valence-corrected chi connectivity index (χ0v) is 21.0. The number of aliphatic hydroxyl groups excluding tert-OH is 1. The Bertz CT molecular complexity index is 1300. The van der Waals surface area contributed by atoms with E-state index in [1.807, 2.05) is 25.1 Å². The van der Waals surface area contributed by atoms with Gasteiger partial charge in [0.15, 0.2) is 5.82 Å². The predicted molar refractivity (Wildman–Crippen MR) is 131 cm³/mol. The minimum atomic E-state index is -3.96. The number of benzene rings is 1. The van der Waals surface area contributed by atoms with Gasteiger partial charge in [0.2, 0.25) is 5.91 Å². The molecule has 1 aromatic carbocycles. The molecule has 0 radical (unpaired) electrons. The van der Waals surface area contributed by atoms with Crippen LogP contribution in [0.25, 0.3) is 11.3 Å².